The van der Waals surface area contributed by atoms with E-state index in [4.69, 9.17) is 0 Å². The molecule has 7 atom stereocenters. The number of hydrogen-bond donors (Lipinski definition) is 2. The topological polar surface area (TPSA) is 83.5 Å². The van der Waals surface area contributed by atoms with Crippen molar-refractivity contribution < 1.29 is 19.5 Å². The van der Waals surface area contributed by atoms with Gasteiger partial charge in [-0.3, -0.25) is 14.4 Å². The minimum absolute atomic E-state index is 0.0156. The zero-order chi connectivity index (χ0) is 26.5. The van der Waals surface area contributed by atoms with Gasteiger partial charge in [0.1, 0.15) is 0 Å². The molecule has 5 aliphatic rings. The zero-order valence-electron chi connectivity index (χ0n) is 23.1. The summed E-state index contributed by atoms with van der Waals surface area (Å²) in [6.45, 7) is 13.1. The first-order chi connectivity index (χ1) is 16.7. The minimum atomic E-state index is -1.18. The van der Waals surface area contributed by atoms with Crippen molar-refractivity contribution in [3.8, 4) is 0 Å². The van der Waals surface area contributed by atoms with Crippen LogP contribution < -0.4 is 5.32 Å². The highest BCUT2D eigenvalue weighted by atomic mass is 16.3. The van der Waals surface area contributed by atoms with Gasteiger partial charge >= 0.3 is 0 Å². The number of carbonyl (C=O) groups excluding carboxylic acids is 3. The molecular formula is C31H43NO4. The number of allylic oxidation sites excluding steroid dienone is 5. The van der Waals surface area contributed by atoms with Crippen molar-refractivity contribution in [1.82, 2.24) is 5.32 Å². The number of rotatable bonds is 2. The monoisotopic (exact) mass is 493 g/mol. The molecule has 0 aromatic carbocycles. The van der Waals surface area contributed by atoms with Crippen LogP contribution in [-0.4, -0.2) is 36.2 Å². The number of hydrogen-bond acceptors (Lipinski definition) is 4. The molecule has 5 aliphatic carbocycles. The molecule has 3 fully saturated rings. The van der Waals surface area contributed by atoms with Crippen molar-refractivity contribution in [1.29, 1.82) is 0 Å². The van der Waals surface area contributed by atoms with Crippen molar-refractivity contribution >= 4 is 17.5 Å². The quantitative estimate of drug-likeness (QED) is 0.525. The second-order valence-corrected chi connectivity index (χ2v) is 14.0. The van der Waals surface area contributed by atoms with Gasteiger partial charge in [0.25, 0.3) is 0 Å². The van der Waals surface area contributed by atoms with Crippen molar-refractivity contribution in [3.63, 3.8) is 0 Å². The SMILES string of the molecule is CNC(=O)[C@]1(C)CC[C@]2(C)CC[C@]3(C)C4=CC=C5C(=CC(=O)C(=O)[C@@]5(C)CO)[C@]4(C)CC[C@@]3(C)[C@@H]2C1. The zero-order valence-corrected chi connectivity index (χ0v) is 23.1. The summed E-state index contributed by atoms with van der Waals surface area (Å²) in [5.41, 5.74) is 1.35. The summed E-state index contributed by atoms with van der Waals surface area (Å²) in [7, 11) is 1.75. The normalized spacial score (nSPS) is 47.9. The van der Waals surface area contributed by atoms with Crippen molar-refractivity contribution in [2.24, 2.45) is 38.4 Å². The highest BCUT2D eigenvalue weighted by molar-refractivity contribution is 6.45. The largest absolute Gasteiger partial charge is 0.395 e. The van der Waals surface area contributed by atoms with E-state index in [2.05, 4.69) is 46.0 Å². The Balaban J connectivity index is 1.64. The fraction of sp³-hybridized carbons (Fsp3) is 0.710. The Labute approximate surface area is 215 Å². The van der Waals surface area contributed by atoms with Crippen LogP contribution in [0, 0.1) is 38.4 Å². The molecular weight excluding hydrogens is 450 g/mol. The number of aliphatic hydroxyl groups is 1. The van der Waals surface area contributed by atoms with E-state index in [0.717, 1.165) is 56.1 Å². The molecule has 3 saturated carbocycles. The first kappa shape index (κ1) is 25.6. The minimum Gasteiger partial charge on any atom is -0.395 e. The van der Waals surface area contributed by atoms with Crippen LogP contribution in [0.15, 0.2) is 34.9 Å². The highest BCUT2D eigenvalue weighted by Gasteiger charge is 2.67. The summed E-state index contributed by atoms with van der Waals surface area (Å²) in [5.74, 6) is -0.438. The molecule has 0 saturated heterocycles. The smallest absolute Gasteiger partial charge is 0.225 e. The van der Waals surface area contributed by atoms with Crippen molar-refractivity contribution in [3.05, 3.63) is 34.9 Å². The lowest BCUT2D eigenvalue weighted by Gasteiger charge is -2.70. The number of aliphatic hydroxyl groups excluding tert-OH is 1. The Morgan fingerprint density at radius 3 is 2.25 bits per heavy atom. The lowest BCUT2D eigenvalue weighted by atomic mass is 9.34. The van der Waals surface area contributed by atoms with Crippen LogP contribution in [0.25, 0.3) is 0 Å². The van der Waals surface area contributed by atoms with E-state index in [-0.39, 0.29) is 39.6 Å². The lowest BCUT2D eigenvalue weighted by molar-refractivity contribution is -0.169. The van der Waals surface area contributed by atoms with Crippen LogP contribution >= 0.6 is 0 Å². The standard InChI is InChI=1S/C31H43NO4/c1-26-10-11-27(2,25(36)32-7)17-23(26)31(6)15-13-28(3)20-16-21(34)24(35)29(4,18-33)19(20)8-9-22(28)30(31,5)14-12-26/h8-9,16,23,33H,10-15,17-18H2,1-7H3,(H,32,36)/t23-,26-,27-,28+,29+,30-,31+/m1/s1. The van der Waals surface area contributed by atoms with Crippen LogP contribution in [0.3, 0.4) is 0 Å². The summed E-state index contributed by atoms with van der Waals surface area (Å²) in [5, 5.41) is 13.1. The first-order valence-corrected chi connectivity index (χ1v) is 13.7. The van der Waals surface area contributed by atoms with Gasteiger partial charge in [-0.25, -0.2) is 0 Å². The van der Waals surface area contributed by atoms with Gasteiger partial charge < -0.3 is 10.4 Å². The molecule has 0 spiro atoms. The Morgan fingerprint density at radius 2 is 1.61 bits per heavy atom. The van der Waals surface area contributed by atoms with E-state index in [0.29, 0.717) is 5.92 Å². The van der Waals surface area contributed by atoms with Gasteiger partial charge in [0.2, 0.25) is 17.5 Å². The Bertz CT molecular complexity index is 1160. The van der Waals surface area contributed by atoms with Gasteiger partial charge in [-0.1, -0.05) is 52.3 Å². The summed E-state index contributed by atoms with van der Waals surface area (Å²) in [6, 6.07) is 0. The van der Waals surface area contributed by atoms with Gasteiger partial charge in [-0.05, 0) is 91.3 Å². The van der Waals surface area contributed by atoms with E-state index in [1.54, 1.807) is 20.0 Å². The first-order valence-electron chi connectivity index (χ1n) is 13.7. The summed E-state index contributed by atoms with van der Waals surface area (Å²) in [6.07, 6.45) is 12.8. The molecule has 0 aliphatic heterocycles. The van der Waals surface area contributed by atoms with E-state index < -0.39 is 17.0 Å². The summed E-state index contributed by atoms with van der Waals surface area (Å²) in [4.78, 5) is 38.6. The Kier molecular flexibility index (Phi) is 5.36. The van der Waals surface area contributed by atoms with E-state index in [9.17, 15) is 19.5 Å². The number of amides is 1. The van der Waals surface area contributed by atoms with Crippen molar-refractivity contribution in [2.45, 2.75) is 86.5 Å². The maximum absolute atomic E-state index is 13.0. The van der Waals surface area contributed by atoms with Gasteiger partial charge in [-0.15, -0.1) is 0 Å². The number of nitrogens with one attached hydrogen (secondary N) is 1. The third kappa shape index (κ3) is 2.90. The average Bonchev–Trinajstić information content (AvgIpc) is 2.85. The third-order valence-electron chi connectivity index (χ3n) is 12.3. The Morgan fingerprint density at radius 1 is 0.944 bits per heavy atom. The summed E-state index contributed by atoms with van der Waals surface area (Å²) >= 11 is 0. The molecule has 1 amide bonds. The molecule has 5 rings (SSSR count). The number of carbonyl (C=O) groups is 3. The molecule has 0 unspecified atom stereocenters. The highest BCUT2D eigenvalue weighted by Crippen LogP contribution is 2.75. The molecule has 5 nitrogen and oxygen atoms in total. The second kappa shape index (κ2) is 7.52. The van der Waals surface area contributed by atoms with Gasteiger partial charge in [0.05, 0.1) is 12.0 Å². The van der Waals surface area contributed by atoms with Gasteiger partial charge in [-0.2, -0.15) is 0 Å². The van der Waals surface area contributed by atoms with Crippen LogP contribution in [0.4, 0.5) is 0 Å². The number of Topliss-reactive ketones (excluding diaryl/α,β-unsaturated/α-hetero) is 1. The van der Waals surface area contributed by atoms with Gasteiger partial charge in [0.15, 0.2) is 0 Å². The van der Waals surface area contributed by atoms with Crippen LogP contribution in [0.2, 0.25) is 0 Å². The summed E-state index contributed by atoms with van der Waals surface area (Å²) < 4.78 is 0. The fourth-order valence-corrected chi connectivity index (χ4v) is 9.35. The maximum Gasteiger partial charge on any atom is 0.225 e. The number of ketones is 2. The molecule has 0 bridgehead atoms. The lowest BCUT2D eigenvalue weighted by Crippen LogP contribution is -2.62. The molecule has 0 radical (unpaired) electrons. The Hall–Kier alpha value is -2.01. The molecule has 196 valence electrons. The van der Waals surface area contributed by atoms with Crippen molar-refractivity contribution in [2.75, 3.05) is 13.7 Å². The van der Waals surface area contributed by atoms with Crippen LogP contribution in [0.5, 0.6) is 0 Å². The van der Waals surface area contributed by atoms with Gasteiger partial charge in [0, 0.05) is 17.9 Å². The molecule has 0 heterocycles. The predicted molar refractivity (Wildman–Crippen MR) is 140 cm³/mol. The fourth-order valence-electron chi connectivity index (χ4n) is 9.35. The molecule has 0 aromatic rings. The maximum atomic E-state index is 13.0. The van der Waals surface area contributed by atoms with E-state index >= 15 is 0 Å². The molecule has 5 heteroatoms. The van der Waals surface area contributed by atoms with E-state index in [1.165, 1.54) is 5.57 Å². The molecule has 0 aromatic heterocycles. The average molecular weight is 494 g/mol. The van der Waals surface area contributed by atoms with E-state index in [1.807, 2.05) is 6.08 Å². The third-order valence-corrected chi connectivity index (χ3v) is 12.3. The molecule has 2 N–H and O–H groups in total. The predicted octanol–water partition coefficient (Wildman–Crippen LogP) is 5.09. The second-order valence-electron chi connectivity index (χ2n) is 14.0. The van der Waals surface area contributed by atoms with Crippen LogP contribution in [0.1, 0.15) is 86.5 Å². The van der Waals surface area contributed by atoms with Crippen LogP contribution in [-0.2, 0) is 14.4 Å². The number of fused-ring (bicyclic) bond motifs is 7. The molecule has 36 heavy (non-hydrogen) atoms.